The first-order chi connectivity index (χ1) is 9.58. The number of rotatable bonds is 4. The summed E-state index contributed by atoms with van der Waals surface area (Å²) in [6, 6.07) is 8.39. The van der Waals surface area contributed by atoms with Gasteiger partial charge in [0, 0.05) is 18.2 Å². The molecule has 1 saturated heterocycles. The molecule has 0 bridgehead atoms. The average Bonchev–Trinajstić information content (AvgIpc) is 2.41. The molecule has 2 atom stereocenters. The molecule has 3 heteroatoms. The predicted molar refractivity (Wildman–Crippen MR) is 84.0 cm³/mol. The maximum absolute atomic E-state index is 12.2. The van der Waals surface area contributed by atoms with Crippen LogP contribution in [0.2, 0.25) is 0 Å². The summed E-state index contributed by atoms with van der Waals surface area (Å²) in [4.78, 5) is 12.2. The number of para-hydroxylation sites is 1. The zero-order valence-corrected chi connectivity index (χ0v) is 12.8. The van der Waals surface area contributed by atoms with Crippen molar-refractivity contribution in [3.8, 4) is 0 Å². The minimum Gasteiger partial charge on any atom is -0.326 e. The topological polar surface area (TPSA) is 41.1 Å². The van der Waals surface area contributed by atoms with Crippen LogP contribution in [0.1, 0.15) is 51.5 Å². The van der Waals surface area contributed by atoms with E-state index in [1.165, 1.54) is 18.4 Å². The second-order valence-corrected chi connectivity index (χ2v) is 6.17. The van der Waals surface area contributed by atoms with Crippen LogP contribution < -0.4 is 10.6 Å². The molecule has 0 radical (unpaired) electrons. The molecule has 20 heavy (non-hydrogen) atoms. The van der Waals surface area contributed by atoms with Gasteiger partial charge in [0.15, 0.2) is 0 Å². The summed E-state index contributed by atoms with van der Waals surface area (Å²) in [6.45, 7) is 7.56. The van der Waals surface area contributed by atoms with E-state index >= 15 is 0 Å². The Hall–Kier alpha value is -1.35. The van der Waals surface area contributed by atoms with Crippen molar-refractivity contribution in [2.75, 3.05) is 11.9 Å². The monoisotopic (exact) mass is 274 g/mol. The highest BCUT2D eigenvalue weighted by molar-refractivity contribution is 5.92. The lowest BCUT2D eigenvalue weighted by Crippen LogP contribution is -2.42. The number of hydrogen-bond donors (Lipinski definition) is 2. The van der Waals surface area contributed by atoms with E-state index < -0.39 is 0 Å². The van der Waals surface area contributed by atoms with Crippen molar-refractivity contribution in [2.24, 2.45) is 5.92 Å². The van der Waals surface area contributed by atoms with Crippen molar-refractivity contribution in [3.05, 3.63) is 29.8 Å². The minimum atomic E-state index is 0.115. The first-order valence-corrected chi connectivity index (χ1v) is 7.70. The number of benzene rings is 1. The summed E-state index contributed by atoms with van der Waals surface area (Å²) in [7, 11) is 0. The highest BCUT2D eigenvalue weighted by Crippen LogP contribution is 2.24. The van der Waals surface area contributed by atoms with E-state index in [1.54, 1.807) is 0 Å². The van der Waals surface area contributed by atoms with Crippen molar-refractivity contribution >= 4 is 11.6 Å². The van der Waals surface area contributed by atoms with Crippen LogP contribution >= 0.6 is 0 Å². The van der Waals surface area contributed by atoms with Crippen LogP contribution in [0.4, 0.5) is 5.69 Å². The van der Waals surface area contributed by atoms with Crippen LogP contribution in [0.3, 0.4) is 0 Å². The summed E-state index contributed by atoms with van der Waals surface area (Å²) < 4.78 is 0. The van der Waals surface area contributed by atoms with E-state index in [4.69, 9.17) is 0 Å². The highest BCUT2D eigenvalue weighted by atomic mass is 16.1. The Labute approximate surface area is 122 Å². The summed E-state index contributed by atoms with van der Waals surface area (Å²) in [6.07, 6.45) is 3.00. The molecule has 1 amide bonds. The molecule has 1 aromatic carbocycles. The van der Waals surface area contributed by atoms with Gasteiger partial charge in [-0.3, -0.25) is 4.79 Å². The van der Waals surface area contributed by atoms with Gasteiger partial charge in [-0.2, -0.15) is 0 Å². The lowest BCUT2D eigenvalue weighted by molar-refractivity contribution is -0.117. The largest absolute Gasteiger partial charge is 0.326 e. The number of nitrogens with one attached hydrogen (secondary N) is 2. The molecule has 0 spiro atoms. The third-order valence-electron chi connectivity index (χ3n) is 4.19. The van der Waals surface area contributed by atoms with E-state index in [-0.39, 0.29) is 5.91 Å². The van der Waals surface area contributed by atoms with Crippen LogP contribution in [-0.2, 0) is 4.79 Å². The van der Waals surface area contributed by atoms with Crippen LogP contribution in [0.15, 0.2) is 24.3 Å². The predicted octanol–water partition coefficient (Wildman–Crippen LogP) is 3.53. The van der Waals surface area contributed by atoms with Gasteiger partial charge in [-0.05, 0) is 42.9 Å². The molecule has 1 fully saturated rings. The van der Waals surface area contributed by atoms with Crippen molar-refractivity contribution in [1.29, 1.82) is 0 Å². The number of carbonyl (C=O) groups excluding carboxylic acids is 1. The van der Waals surface area contributed by atoms with Gasteiger partial charge in [-0.1, -0.05) is 39.0 Å². The molecule has 2 N–H and O–H groups in total. The van der Waals surface area contributed by atoms with Crippen LogP contribution in [0.25, 0.3) is 0 Å². The molecule has 110 valence electrons. The van der Waals surface area contributed by atoms with Crippen LogP contribution in [0.5, 0.6) is 0 Å². The number of carbonyl (C=O) groups is 1. The molecule has 1 aromatic rings. The second kappa shape index (κ2) is 6.89. The van der Waals surface area contributed by atoms with Gasteiger partial charge >= 0.3 is 0 Å². The standard InChI is InChI=1S/C17H26N2O/c1-12(2)14-8-4-5-9-15(14)19-17(20)11-16-13(3)7-6-10-18-16/h4-5,8-9,12-13,16,18H,6-7,10-11H2,1-3H3,(H,19,20). The third kappa shape index (κ3) is 3.83. The highest BCUT2D eigenvalue weighted by Gasteiger charge is 2.23. The van der Waals surface area contributed by atoms with E-state index in [9.17, 15) is 4.79 Å². The van der Waals surface area contributed by atoms with Gasteiger partial charge in [0.2, 0.25) is 5.91 Å². The van der Waals surface area contributed by atoms with Gasteiger partial charge in [0.05, 0.1) is 0 Å². The fraction of sp³-hybridized carbons (Fsp3) is 0.588. The maximum Gasteiger partial charge on any atom is 0.225 e. The Morgan fingerprint density at radius 3 is 2.85 bits per heavy atom. The van der Waals surface area contributed by atoms with Crippen molar-refractivity contribution in [3.63, 3.8) is 0 Å². The molecule has 1 heterocycles. The van der Waals surface area contributed by atoms with Gasteiger partial charge in [0.1, 0.15) is 0 Å². The normalized spacial score (nSPS) is 22.8. The fourth-order valence-corrected chi connectivity index (χ4v) is 2.90. The smallest absolute Gasteiger partial charge is 0.225 e. The Morgan fingerprint density at radius 2 is 2.15 bits per heavy atom. The molecule has 0 aromatic heterocycles. The molecular formula is C17H26N2O. The Bertz CT molecular complexity index is 456. The van der Waals surface area contributed by atoms with E-state index in [2.05, 4.69) is 37.5 Å². The quantitative estimate of drug-likeness (QED) is 0.882. The van der Waals surface area contributed by atoms with Gasteiger partial charge in [-0.15, -0.1) is 0 Å². The first kappa shape index (κ1) is 15.0. The average molecular weight is 274 g/mol. The molecule has 0 aliphatic carbocycles. The third-order valence-corrected chi connectivity index (χ3v) is 4.19. The molecule has 1 aliphatic heterocycles. The van der Waals surface area contributed by atoms with Crippen molar-refractivity contribution in [2.45, 2.75) is 52.0 Å². The summed E-state index contributed by atoms with van der Waals surface area (Å²) in [5.41, 5.74) is 2.15. The minimum absolute atomic E-state index is 0.115. The molecule has 3 nitrogen and oxygen atoms in total. The molecular weight excluding hydrogens is 248 g/mol. The lowest BCUT2D eigenvalue weighted by atomic mass is 9.90. The zero-order chi connectivity index (χ0) is 14.5. The Balaban J connectivity index is 1.97. The van der Waals surface area contributed by atoms with Gasteiger partial charge in [-0.25, -0.2) is 0 Å². The fourth-order valence-electron chi connectivity index (χ4n) is 2.90. The zero-order valence-electron chi connectivity index (χ0n) is 12.8. The molecule has 1 aliphatic rings. The van der Waals surface area contributed by atoms with E-state index in [0.29, 0.717) is 24.3 Å². The van der Waals surface area contributed by atoms with Crippen LogP contribution in [-0.4, -0.2) is 18.5 Å². The second-order valence-electron chi connectivity index (χ2n) is 6.17. The number of piperidine rings is 1. The van der Waals surface area contributed by atoms with E-state index in [1.807, 2.05) is 18.2 Å². The van der Waals surface area contributed by atoms with Gasteiger partial charge < -0.3 is 10.6 Å². The SMILES string of the molecule is CC(C)c1ccccc1NC(=O)CC1NCCCC1C. The number of hydrogen-bond acceptors (Lipinski definition) is 2. The van der Waals surface area contributed by atoms with Gasteiger partial charge in [0.25, 0.3) is 0 Å². The Kier molecular flexibility index (Phi) is 5.18. The number of amides is 1. The maximum atomic E-state index is 12.2. The van der Waals surface area contributed by atoms with Crippen molar-refractivity contribution in [1.82, 2.24) is 5.32 Å². The lowest BCUT2D eigenvalue weighted by Gasteiger charge is -2.29. The molecule has 2 rings (SSSR count). The van der Waals surface area contributed by atoms with Crippen LogP contribution in [0, 0.1) is 5.92 Å². The summed E-state index contributed by atoms with van der Waals surface area (Å²) >= 11 is 0. The summed E-state index contributed by atoms with van der Waals surface area (Å²) in [5.74, 6) is 1.11. The Morgan fingerprint density at radius 1 is 1.40 bits per heavy atom. The molecule has 2 unspecified atom stereocenters. The molecule has 0 saturated carbocycles. The van der Waals surface area contributed by atoms with E-state index in [0.717, 1.165) is 12.2 Å². The summed E-state index contributed by atoms with van der Waals surface area (Å²) in [5, 5.41) is 6.54. The van der Waals surface area contributed by atoms with Crippen molar-refractivity contribution < 1.29 is 4.79 Å². The first-order valence-electron chi connectivity index (χ1n) is 7.70. The number of anilines is 1.